The Hall–Kier alpha value is -1.19. The van der Waals surface area contributed by atoms with Gasteiger partial charge in [0.25, 0.3) is 0 Å². The molecule has 0 spiro atoms. The third kappa shape index (κ3) is 5.79. The van der Waals surface area contributed by atoms with Gasteiger partial charge in [0.05, 0.1) is 12.1 Å². The summed E-state index contributed by atoms with van der Waals surface area (Å²) in [6, 6.07) is 9.19. The van der Waals surface area contributed by atoms with Gasteiger partial charge in [-0.3, -0.25) is 0 Å². The number of benzene rings is 1. The lowest BCUT2D eigenvalue weighted by molar-refractivity contribution is -0.152. The number of ether oxygens (including phenoxy) is 3. The van der Waals surface area contributed by atoms with Crippen molar-refractivity contribution in [3.05, 3.63) is 46.5 Å². The molecule has 1 aromatic rings. The lowest BCUT2D eigenvalue weighted by Crippen LogP contribution is -2.59. The minimum absolute atomic E-state index is 0.00817. The number of fused-ring (bicyclic) bond motifs is 1. The second-order valence-electron chi connectivity index (χ2n) is 10.1. The molecule has 3 rings (SSSR count). The molecule has 8 heteroatoms. The summed E-state index contributed by atoms with van der Waals surface area (Å²) in [4.78, 5) is 12.6. The van der Waals surface area contributed by atoms with Gasteiger partial charge in [0, 0.05) is 4.48 Å². The standard InChI is InChI=1S/C23H34BrNO5Si/c1-22(2,3)31(6,7)30-19-17(13-16(24)18-20(19)29-23(4,5)28-18)25-21(26)27-14-15-11-9-8-10-12-15/h8-13,17-20H,14H2,1-7H3,(H,25,26)/t17-,18-,19-,20-/m1/s1. The summed E-state index contributed by atoms with van der Waals surface area (Å²) in [6.45, 7) is 15.0. The van der Waals surface area contributed by atoms with Crippen LogP contribution in [0, 0.1) is 0 Å². The van der Waals surface area contributed by atoms with Crippen molar-refractivity contribution in [2.45, 2.75) is 89.5 Å². The van der Waals surface area contributed by atoms with E-state index in [1.165, 1.54) is 0 Å². The number of halogens is 1. The Balaban J connectivity index is 1.79. The molecule has 2 aliphatic rings. The number of rotatable bonds is 5. The van der Waals surface area contributed by atoms with E-state index < -0.39 is 32.3 Å². The van der Waals surface area contributed by atoms with Crippen LogP contribution in [0.1, 0.15) is 40.2 Å². The zero-order valence-electron chi connectivity index (χ0n) is 19.4. The van der Waals surface area contributed by atoms with Gasteiger partial charge in [-0.05, 0) is 43.6 Å². The predicted molar refractivity (Wildman–Crippen MR) is 126 cm³/mol. The molecular weight excluding hydrogens is 478 g/mol. The van der Waals surface area contributed by atoms with Gasteiger partial charge in [-0.2, -0.15) is 0 Å². The number of nitrogens with one attached hydrogen (secondary N) is 1. The number of alkyl carbamates (subject to hydrolysis) is 1. The molecule has 1 aromatic carbocycles. The Morgan fingerprint density at radius 2 is 1.84 bits per heavy atom. The molecule has 1 N–H and O–H groups in total. The predicted octanol–water partition coefficient (Wildman–Crippen LogP) is 5.48. The van der Waals surface area contributed by atoms with Gasteiger partial charge in [0.2, 0.25) is 0 Å². The molecule has 0 unspecified atom stereocenters. The van der Waals surface area contributed by atoms with E-state index in [2.05, 4.69) is 55.1 Å². The largest absolute Gasteiger partial charge is 0.445 e. The van der Waals surface area contributed by atoms with Crippen LogP contribution < -0.4 is 5.32 Å². The van der Waals surface area contributed by atoms with Gasteiger partial charge in [-0.25, -0.2) is 4.79 Å². The first-order valence-electron chi connectivity index (χ1n) is 10.7. The second kappa shape index (κ2) is 8.98. The highest BCUT2D eigenvalue weighted by atomic mass is 79.9. The first-order valence-corrected chi connectivity index (χ1v) is 14.4. The molecule has 172 valence electrons. The molecule has 31 heavy (non-hydrogen) atoms. The van der Waals surface area contributed by atoms with Crippen molar-refractivity contribution in [1.82, 2.24) is 5.32 Å². The third-order valence-corrected chi connectivity index (χ3v) is 11.3. The van der Waals surface area contributed by atoms with Crippen LogP contribution in [-0.4, -0.2) is 44.6 Å². The van der Waals surface area contributed by atoms with Gasteiger partial charge in [-0.1, -0.05) is 67.0 Å². The van der Waals surface area contributed by atoms with E-state index in [1.54, 1.807) is 0 Å². The molecule has 1 fully saturated rings. The van der Waals surface area contributed by atoms with Crippen molar-refractivity contribution in [2.75, 3.05) is 0 Å². The van der Waals surface area contributed by atoms with Crippen molar-refractivity contribution in [3.8, 4) is 0 Å². The third-order valence-electron chi connectivity index (χ3n) is 6.15. The van der Waals surface area contributed by atoms with E-state index in [4.69, 9.17) is 18.6 Å². The number of carbonyl (C=O) groups excluding carboxylic acids is 1. The molecule has 1 amide bonds. The van der Waals surface area contributed by atoms with Crippen LogP contribution in [-0.2, 0) is 25.2 Å². The molecule has 6 nitrogen and oxygen atoms in total. The van der Waals surface area contributed by atoms with E-state index in [-0.39, 0.29) is 23.9 Å². The zero-order valence-corrected chi connectivity index (χ0v) is 22.0. The summed E-state index contributed by atoms with van der Waals surface area (Å²) in [6.07, 6.45) is 0.434. The summed E-state index contributed by atoms with van der Waals surface area (Å²) in [5, 5.41) is 2.99. The fraction of sp³-hybridized carbons (Fsp3) is 0.609. The normalized spacial score (nSPS) is 27.9. The average Bonchev–Trinajstić information content (AvgIpc) is 2.99. The zero-order chi connectivity index (χ0) is 23.0. The summed E-state index contributed by atoms with van der Waals surface area (Å²) >= 11 is 3.62. The molecule has 0 saturated carbocycles. The van der Waals surface area contributed by atoms with Crippen LogP contribution in [0.3, 0.4) is 0 Å². The number of carbonyl (C=O) groups is 1. The Kier molecular flexibility index (Phi) is 7.08. The quantitative estimate of drug-likeness (QED) is 0.529. The van der Waals surface area contributed by atoms with Crippen LogP contribution in [0.15, 0.2) is 40.9 Å². The maximum atomic E-state index is 12.6. The monoisotopic (exact) mass is 511 g/mol. The topological polar surface area (TPSA) is 66.0 Å². The molecule has 0 aromatic heterocycles. The van der Waals surface area contributed by atoms with E-state index in [1.807, 2.05) is 50.3 Å². The Labute approximate surface area is 194 Å². The molecule has 1 heterocycles. The Morgan fingerprint density at radius 1 is 1.19 bits per heavy atom. The maximum absolute atomic E-state index is 12.6. The lowest BCUT2D eigenvalue weighted by Gasteiger charge is -2.44. The number of amides is 1. The molecule has 0 radical (unpaired) electrons. The van der Waals surface area contributed by atoms with Gasteiger partial charge >= 0.3 is 6.09 Å². The summed E-state index contributed by atoms with van der Waals surface area (Å²) in [5.41, 5.74) is 0.932. The summed E-state index contributed by atoms with van der Waals surface area (Å²) < 4.78 is 25.4. The average molecular weight is 513 g/mol. The van der Waals surface area contributed by atoms with Crippen molar-refractivity contribution in [2.24, 2.45) is 0 Å². The molecule has 0 bridgehead atoms. The van der Waals surface area contributed by atoms with E-state index in [0.717, 1.165) is 10.0 Å². The summed E-state index contributed by atoms with van der Waals surface area (Å²) in [7, 11) is -2.16. The Morgan fingerprint density at radius 3 is 2.45 bits per heavy atom. The molecule has 1 saturated heterocycles. The van der Waals surface area contributed by atoms with Crippen LogP contribution in [0.25, 0.3) is 0 Å². The maximum Gasteiger partial charge on any atom is 0.408 e. The van der Waals surface area contributed by atoms with Gasteiger partial charge in [0.1, 0.15) is 18.8 Å². The highest BCUT2D eigenvalue weighted by molar-refractivity contribution is 9.11. The van der Waals surface area contributed by atoms with Crippen molar-refractivity contribution in [1.29, 1.82) is 0 Å². The SMILES string of the molecule is CC1(C)O[C@H]2[C@H](O[Si](C)(C)C(C)(C)C)[C@H](NC(=O)OCc3ccccc3)C=C(Br)[C@H]2O1. The lowest BCUT2D eigenvalue weighted by atomic mass is 9.94. The van der Waals surface area contributed by atoms with Gasteiger partial charge in [-0.15, -0.1) is 0 Å². The molecule has 1 aliphatic carbocycles. The van der Waals surface area contributed by atoms with Crippen molar-refractivity contribution >= 4 is 30.3 Å². The van der Waals surface area contributed by atoms with Gasteiger partial charge in [0.15, 0.2) is 14.1 Å². The summed E-state index contributed by atoms with van der Waals surface area (Å²) in [5.74, 6) is -0.736. The minimum Gasteiger partial charge on any atom is -0.445 e. The van der Waals surface area contributed by atoms with Crippen molar-refractivity contribution < 1.29 is 23.4 Å². The molecule has 1 aliphatic heterocycles. The minimum atomic E-state index is -2.16. The van der Waals surface area contributed by atoms with E-state index in [9.17, 15) is 4.79 Å². The highest BCUT2D eigenvalue weighted by Crippen LogP contribution is 2.44. The first kappa shape index (κ1) is 24.4. The van der Waals surface area contributed by atoms with Gasteiger partial charge < -0.3 is 24.0 Å². The van der Waals surface area contributed by atoms with Crippen LogP contribution in [0.5, 0.6) is 0 Å². The fourth-order valence-electron chi connectivity index (χ4n) is 3.49. The molecular formula is C23H34BrNO5Si. The van der Waals surface area contributed by atoms with Crippen LogP contribution in [0.4, 0.5) is 4.79 Å². The highest BCUT2D eigenvalue weighted by Gasteiger charge is 2.54. The van der Waals surface area contributed by atoms with Crippen LogP contribution in [0.2, 0.25) is 18.1 Å². The molecule has 4 atom stereocenters. The number of hydrogen-bond donors (Lipinski definition) is 1. The first-order chi connectivity index (χ1) is 14.3. The fourth-order valence-corrected chi connectivity index (χ4v) is 5.44. The Bertz CT molecular complexity index is 821. The second-order valence-corrected chi connectivity index (χ2v) is 15.8. The van der Waals surface area contributed by atoms with E-state index in [0.29, 0.717) is 0 Å². The smallest absolute Gasteiger partial charge is 0.408 e. The van der Waals surface area contributed by atoms with Crippen molar-refractivity contribution in [3.63, 3.8) is 0 Å². The van der Waals surface area contributed by atoms with Crippen LogP contribution >= 0.6 is 15.9 Å². The van der Waals surface area contributed by atoms with E-state index >= 15 is 0 Å². The number of hydrogen-bond acceptors (Lipinski definition) is 5.